The average Bonchev–Trinajstić information content (AvgIpc) is 3.32. The molecule has 1 amide bonds. The highest BCUT2D eigenvalue weighted by Gasteiger charge is 2.37. The number of carbonyl (C=O) groups excluding carboxylic acids is 2. The second-order valence-electron chi connectivity index (χ2n) is 8.61. The van der Waals surface area contributed by atoms with Crippen LogP contribution in [0.5, 0.6) is 0 Å². The first-order valence-electron chi connectivity index (χ1n) is 10.4. The van der Waals surface area contributed by atoms with E-state index in [1.807, 2.05) is 26.8 Å². The van der Waals surface area contributed by atoms with Crippen LogP contribution in [0.25, 0.3) is 11.3 Å². The molecule has 2 aromatic rings. The summed E-state index contributed by atoms with van der Waals surface area (Å²) < 4.78 is 27.0. The Morgan fingerprint density at radius 3 is 2.81 bits per heavy atom. The number of thioether (sulfide) groups is 1. The van der Waals surface area contributed by atoms with Gasteiger partial charge in [-0.25, -0.2) is 14.0 Å². The zero-order valence-corrected chi connectivity index (χ0v) is 18.9. The maximum atomic E-state index is 14.5. The molecule has 1 unspecified atom stereocenters. The summed E-state index contributed by atoms with van der Waals surface area (Å²) in [6.45, 7) is 8.41. The smallest absolute Gasteiger partial charge is 0.410 e. The molecular formula is C22H26FN3O4S. The number of amides is 1. The van der Waals surface area contributed by atoms with E-state index >= 15 is 0 Å². The number of hydrogen-bond acceptors (Lipinski definition) is 6. The van der Waals surface area contributed by atoms with Gasteiger partial charge in [-0.3, -0.25) is 4.68 Å². The van der Waals surface area contributed by atoms with Gasteiger partial charge in [0.25, 0.3) is 0 Å². The second-order valence-corrected chi connectivity index (χ2v) is 9.60. The Morgan fingerprint density at radius 1 is 1.32 bits per heavy atom. The predicted octanol–water partition coefficient (Wildman–Crippen LogP) is 4.65. The van der Waals surface area contributed by atoms with Crippen molar-refractivity contribution in [2.75, 3.05) is 19.7 Å². The fraction of sp³-hybridized carbons (Fsp3) is 0.500. The van der Waals surface area contributed by atoms with Crippen molar-refractivity contribution in [1.82, 2.24) is 14.7 Å². The van der Waals surface area contributed by atoms with Crippen LogP contribution in [0.1, 0.15) is 56.2 Å². The van der Waals surface area contributed by atoms with Crippen LogP contribution in [0, 0.1) is 5.82 Å². The van der Waals surface area contributed by atoms with Crippen LogP contribution in [0.15, 0.2) is 23.1 Å². The molecule has 166 valence electrons. The minimum Gasteiger partial charge on any atom is -0.461 e. The van der Waals surface area contributed by atoms with Crippen molar-refractivity contribution in [3.63, 3.8) is 0 Å². The van der Waals surface area contributed by atoms with E-state index in [0.717, 1.165) is 11.3 Å². The first kappa shape index (κ1) is 21.7. The number of likely N-dealkylation sites (tertiary alicyclic amines) is 1. The van der Waals surface area contributed by atoms with Crippen LogP contribution in [0.2, 0.25) is 0 Å². The summed E-state index contributed by atoms with van der Waals surface area (Å²) in [5.74, 6) is -0.347. The molecule has 9 heteroatoms. The van der Waals surface area contributed by atoms with Gasteiger partial charge in [-0.15, -0.1) is 11.8 Å². The lowest BCUT2D eigenvalue weighted by Crippen LogP contribution is -2.35. The van der Waals surface area contributed by atoms with E-state index < -0.39 is 11.6 Å². The molecule has 4 rings (SSSR count). The molecule has 3 heterocycles. The third-order valence-electron chi connectivity index (χ3n) is 5.22. The van der Waals surface area contributed by atoms with E-state index in [1.165, 1.54) is 17.8 Å². The molecule has 0 saturated carbocycles. The summed E-state index contributed by atoms with van der Waals surface area (Å²) in [6.07, 6.45) is 0.289. The topological polar surface area (TPSA) is 73.7 Å². The van der Waals surface area contributed by atoms with Gasteiger partial charge in [0.1, 0.15) is 11.4 Å². The van der Waals surface area contributed by atoms with Crippen LogP contribution in [0.3, 0.4) is 0 Å². The van der Waals surface area contributed by atoms with Gasteiger partial charge in [-0.05, 0) is 40.2 Å². The van der Waals surface area contributed by atoms with Gasteiger partial charge in [0, 0.05) is 30.0 Å². The Hall–Kier alpha value is -2.55. The fourth-order valence-corrected chi connectivity index (χ4v) is 5.03. The largest absolute Gasteiger partial charge is 0.461 e. The molecule has 1 saturated heterocycles. The normalized spacial score (nSPS) is 17.8. The maximum absolute atomic E-state index is 14.5. The first-order valence-corrected chi connectivity index (χ1v) is 11.4. The van der Waals surface area contributed by atoms with Gasteiger partial charge in [0.15, 0.2) is 5.69 Å². The molecule has 2 aliphatic heterocycles. The minimum atomic E-state index is -0.579. The van der Waals surface area contributed by atoms with E-state index in [-0.39, 0.29) is 30.3 Å². The van der Waals surface area contributed by atoms with Crippen molar-refractivity contribution < 1.29 is 23.5 Å². The van der Waals surface area contributed by atoms with Crippen molar-refractivity contribution in [2.45, 2.75) is 56.4 Å². The zero-order valence-electron chi connectivity index (χ0n) is 18.1. The highest BCUT2D eigenvalue weighted by Crippen LogP contribution is 2.45. The first-order chi connectivity index (χ1) is 14.7. The van der Waals surface area contributed by atoms with E-state index in [4.69, 9.17) is 9.47 Å². The molecule has 0 bridgehead atoms. The van der Waals surface area contributed by atoms with Crippen molar-refractivity contribution >= 4 is 23.8 Å². The molecular weight excluding hydrogens is 421 g/mol. The molecule has 1 aromatic heterocycles. The van der Waals surface area contributed by atoms with Crippen molar-refractivity contribution in [3.05, 3.63) is 35.3 Å². The lowest BCUT2D eigenvalue weighted by atomic mass is 10.0. The number of fused-ring (bicyclic) bond motifs is 3. The molecule has 1 atom stereocenters. The molecule has 0 radical (unpaired) electrons. The quantitative estimate of drug-likeness (QED) is 0.638. The number of ether oxygens (including phenoxy) is 2. The van der Waals surface area contributed by atoms with E-state index in [9.17, 15) is 14.0 Å². The Labute approximate surface area is 184 Å². The summed E-state index contributed by atoms with van der Waals surface area (Å²) in [4.78, 5) is 27.3. The number of rotatable bonds is 3. The SMILES string of the molecule is CCOC(=O)c1nn(C2CCN(C(=O)OC(C)(C)C)C2)c2c1CSc1c(F)cccc1-2. The highest BCUT2D eigenvalue weighted by molar-refractivity contribution is 7.98. The van der Waals surface area contributed by atoms with E-state index in [0.29, 0.717) is 35.7 Å². The van der Waals surface area contributed by atoms with Gasteiger partial charge in [0.05, 0.1) is 23.2 Å². The number of halogens is 1. The second kappa shape index (κ2) is 8.18. The molecule has 2 aliphatic rings. The number of carbonyl (C=O) groups is 2. The zero-order chi connectivity index (χ0) is 22.3. The highest BCUT2D eigenvalue weighted by atomic mass is 32.2. The summed E-state index contributed by atoms with van der Waals surface area (Å²) in [7, 11) is 0. The molecule has 31 heavy (non-hydrogen) atoms. The third-order valence-corrected chi connectivity index (χ3v) is 6.36. The maximum Gasteiger partial charge on any atom is 0.410 e. The molecule has 1 fully saturated rings. The molecule has 7 nitrogen and oxygen atoms in total. The molecule has 0 spiro atoms. The van der Waals surface area contributed by atoms with Crippen LogP contribution >= 0.6 is 11.8 Å². The lowest BCUT2D eigenvalue weighted by molar-refractivity contribution is 0.0287. The standard InChI is InChI=1S/C22H26FN3O4S/c1-5-29-20(27)17-15-12-31-19-14(7-6-8-16(19)23)18(15)26(24-17)13-9-10-25(11-13)21(28)30-22(2,3)4/h6-8,13H,5,9-12H2,1-4H3. The van der Waals surface area contributed by atoms with Crippen molar-refractivity contribution in [3.8, 4) is 11.3 Å². The predicted molar refractivity (Wildman–Crippen MR) is 115 cm³/mol. The summed E-state index contributed by atoms with van der Waals surface area (Å²) in [5.41, 5.74) is 1.87. The van der Waals surface area contributed by atoms with Crippen LogP contribution in [0.4, 0.5) is 9.18 Å². The van der Waals surface area contributed by atoms with Gasteiger partial charge < -0.3 is 14.4 Å². The van der Waals surface area contributed by atoms with Crippen molar-refractivity contribution in [1.29, 1.82) is 0 Å². The number of hydrogen-bond donors (Lipinski definition) is 0. The summed E-state index contributed by atoms with van der Waals surface area (Å²) in [5, 5.41) is 4.62. The monoisotopic (exact) mass is 447 g/mol. The van der Waals surface area contributed by atoms with Crippen LogP contribution < -0.4 is 0 Å². The Morgan fingerprint density at radius 2 is 2.10 bits per heavy atom. The Kier molecular flexibility index (Phi) is 5.72. The van der Waals surface area contributed by atoms with Gasteiger partial charge in [0.2, 0.25) is 0 Å². The van der Waals surface area contributed by atoms with E-state index in [2.05, 4.69) is 5.10 Å². The van der Waals surface area contributed by atoms with Gasteiger partial charge >= 0.3 is 12.1 Å². The average molecular weight is 448 g/mol. The molecule has 0 N–H and O–H groups in total. The number of nitrogens with zero attached hydrogens (tertiary/aromatic N) is 3. The minimum absolute atomic E-state index is 0.149. The number of benzene rings is 1. The summed E-state index contributed by atoms with van der Waals surface area (Å²) in [6, 6.07) is 4.79. The number of aromatic nitrogens is 2. The molecule has 1 aromatic carbocycles. The van der Waals surface area contributed by atoms with E-state index in [1.54, 1.807) is 22.6 Å². The fourth-order valence-electron chi connectivity index (χ4n) is 3.94. The summed E-state index contributed by atoms with van der Waals surface area (Å²) >= 11 is 1.35. The Balaban J connectivity index is 1.72. The van der Waals surface area contributed by atoms with Crippen LogP contribution in [-0.4, -0.2) is 52.0 Å². The third kappa shape index (κ3) is 4.15. The Bertz CT molecular complexity index is 1030. The lowest BCUT2D eigenvalue weighted by Gasteiger charge is -2.25. The van der Waals surface area contributed by atoms with Gasteiger partial charge in [-0.2, -0.15) is 5.10 Å². The number of esters is 1. The van der Waals surface area contributed by atoms with Gasteiger partial charge in [-0.1, -0.05) is 12.1 Å². The molecule has 0 aliphatic carbocycles. The van der Waals surface area contributed by atoms with Crippen molar-refractivity contribution in [2.24, 2.45) is 0 Å². The van der Waals surface area contributed by atoms with Crippen LogP contribution in [-0.2, 0) is 15.2 Å².